The van der Waals surface area contributed by atoms with Gasteiger partial charge in [0.1, 0.15) is 11.0 Å². The zero-order valence-corrected chi connectivity index (χ0v) is 18.2. The van der Waals surface area contributed by atoms with Gasteiger partial charge in [0.05, 0.1) is 12.0 Å². The van der Waals surface area contributed by atoms with Gasteiger partial charge in [0, 0.05) is 6.42 Å². The van der Waals surface area contributed by atoms with Gasteiger partial charge in [-0.15, -0.1) is 17.9 Å². The van der Waals surface area contributed by atoms with E-state index in [1.165, 1.54) is 11.5 Å². The number of carbonyl (C=O) groups is 1. The number of benzene rings is 1. The lowest BCUT2D eigenvalue weighted by atomic mass is 10.1. The number of unbranched alkanes of at least 4 members (excludes halogenated alkanes) is 1. The molecule has 1 unspecified atom stereocenters. The van der Waals surface area contributed by atoms with Crippen LogP contribution in [0.4, 0.5) is 5.13 Å². The first kappa shape index (κ1) is 22.9. The Morgan fingerprint density at radius 3 is 2.62 bits per heavy atom. The highest BCUT2D eigenvalue weighted by molar-refractivity contribution is 7.93. The molecule has 0 aliphatic rings. The molecule has 0 amide bonds. The number of anilines is 1. The van der Waals surface area contributed by atoms with E-state index in [0.717, 1.165) is 24.2 Å². The van der Waals surface area contributed by atoms with Crippen molar-refractivity contribution >= 4 is 32.5 Å². The van der Waals surface area contributed by atoms with Crippen LogP contribution in [0.25, 0.3) is 0 Å². The number of thiazole rings is 1. The van der Waals surface area contributed by atoms with Gasteiger partial charge < -0.3 is 9.47 Å². The maximum absolute atomic E-state index is 12.8. The monoisotopic (exact) mass is 438 g/mol. The fourth-order valence-corrected chi connectivity index (χ4v) is 4.62. The lowest BCUT2D eigenvalue weighted by Gasteiger charge is -2.15. The summed E-state index contributed by atoms with van der Waals surface area (Å²) in [6.45, 7) is 8.22. The Balaban J connectivity index is 2.07. The van der Waals surface area contributed by atoms with E-state index in [9.17, 15) is 13.2 Å². The van der Waals surface area contributed by atoms with Gasteiger partial charge in [0.25, 0.3) is 0 Å². The molecule has 2 aromatic rings. The molecule has 0 saturated carbocycles. The van der Waals surface area contributed by atoms with E-state index in [1.54, 1.807) is 24.3 Å². The lowest BCUT2D eigenvalue weighted by Crippen LogP contribution is -2.20. The first-order valence-electron chi connectivity index (χ1n) is 9.42. The van der Waals surface area contributed by atoms with Gasteiger partial charge in [-0.25, -0.2) is 8.42 Å². The van der Waals surface area contributed by atoms with Crippen LogP contribution >= 0.6 is 11.3 Å². The molecule has 0 radical (unpaired) electrons. The average Bonchev–Trinajstić information content (AvgIpc) is 3.09. The Kier molecular flexibility index (Phi) is 8.66. The summed E-state index contributed by atoms with van der Waals surface area (Å²) in [7, 11) is -3.84. The number of nitrogens with zero attached hydrogens (tertiary/aromatic N) is 1. The maximum atomic E-state index is 12.8. The molecule has 0 aliphatic heterocycles. The van der Waals surface area contributed by atoms with Gasteiger partial charge in [0.2, 0.25) is 15.9 Å². The molecular formula is C20H26N2O5S2. The van der Waals surface area contributed by atoms with Crippen molar-refractivity contribution < 1.29 is 22.7 Å². The smallest absolute Gasteiger partial charge is 0.312 e. The summed E-state index contributed by atoms with van der Waals surface area (Å²) in [5.41, 5.74) is 0.557. The van der Waals surface area contributed by atoms with Gasteiger partial charge in [-0.2, -0.15) is 4.98 Å². The summed E-state index contributed by atoms with van der Waals surface area (Å²) in [5.74, 6) is 0.362. The summed E-state index contributed by atoms with van der Waals surface area (Å²) in [4.78, 5) is 15.6. The molecule has 7 nitrogen and oxygen atoms in total. The summed E-state index contributed by atoms with van der Waals surface area (Å²) in [6.07, 6.45) is 4.28. The molecule has 1 aromatic carbocycles. The summed E-state index contributed by atoms with van der Waals surface area (Å²) >= 11 is 1.04. The zero-order chi connectivity index (χ0) is 21.3. The molecule has 158 valence electrons. The molecule has 0 spiro atoms. The molecule has 9 heteroatoms. The van der Waals surface area contributed by atoms with E-state index in [4.69, 9.17) is 9.47 Å². The standard InChI is InChI=1S/C20H26N2O5S2/c1-4-7-13-26-16-11-9-15(10-12-16)17(6-3)29(24,25)22-20-21-18(14-28-20)27-19(23)8-5-2/h6,9-12,14,17H,3-5,7-8,13H2,1-2H3,(H,21,22). The highest BCUT2D eigenvalue weighted by Gasteiger charge is 2.26. The first-order chi connectivity index (χ1) is 13.9. The van der Waals surface area contributed by atoms with Gasteiger partial charge in [0.15, 0.2) is 5.13 Å². The number of sulfonamides is 1. The van der Waals surface area contributed by atoms with Crippen molar-refractivity contribution in [2.45, 2.75) is 44.8 Å². The van der Waals surface area contributed by atoms with Gasteiger partial charge in [-0.1, -0.05) is 38.5 Å². The molecular weight excluding hydrogens is 412 g/mol. The minimum Gasteiger partial charge on any atom is -0.494 e. The van der Waals surface area contributed by atoms with Crippen LogP contribution in [0.2, 0.25) is 0 Å². The average molecular weight is 439 g/mol. The Hall–Kier alpha value is -2.39. The second-order valence-corrected chi connectivity index (χ2v) is 8.95. The number of carbonyl (C=O) groups excluding carboxylic acids is 1. The molecule has 1 aromatic heterocycles. The summed E-state index contributed by atoms with van der Waals surface area (Å²) < 4.78 is 38.7. The van der Waals surface area contributed by atoms with E-state index >= 15 is 0 Å². The maximum Gasteiger partial charge on any atom is 0.312 e. The van der Waals surface area contributed by atoms with Crippen molar-refractivity contribution in [1.29, 1.82) is 0 Å². The molecule has 0 fully saturated rings. The number of hydrogen-bond acceptors (Lipinski definition) is 7. The topological polar surface area (TPSA) is 94.6 Å². The third kappa shape index (κ3) is 6.86. The third-order valence-electron chi connectivity index (χ3n) is 3.91. The van der Waals surface area contributed by atoms with Crippen LogP contribution in [-0.2, 0) is 14.8 Å². The molecule has 0 bridgehead atoms. The molecule has 0 saturated heterocycles. The zero-order valence-electron chi connectivity index (χ0n) is 16.6. The number of aromatic nitrogens is 1. The van der Waals surface area contributed by atoms with Crippen LogP contribution in [0.3, 0.4) is 0 Å². The molecule has 0 aliphatic carbocycles. The number of nitrogens with one attached hydrogen (secondary N) is 1. The molecule has 2 rings (SSSR count). The van der Waals surface area contributed by atoms with Crippen LogP contribution in [-0.4, -0.2) is 26.0 Å². The van der Waals surface area contributed by atoms with E-state index in [0.29, 0.717) is 24.3 Å². The second-order valence-electron chi connectivity index (χ2n) is 6.29. The normalized spacial score (nSPS) is 12.2. The molecule has 1 heterocycles. The fraction of sp³-hybridized carbons (Fsp3) is 0.400. The quantitative estimate of drug-likeness (QED) is 0.293. The van der Waals surface area contributed by atoms with E-state index in [2.05, 4.69) is 23.2 Å². The highest BCUT2D eigenvalue weighted by Crippen LogP contribution is 2.29. The second kappa shape index (κ2) is 11.0. The Bertz CT molecular complexity index is 907. The minimum absolute atomic E-state index is 0.0786. The lowest BCUT2D eigenvalue weighted by molar-refractivity contribution is -0.134. The molecule has 29 heavy (non-hydrogen) atoms. The van der Waals surface area contributed by atoms with Crippen LogP contribution in [0, 0.1) is 0 Å². The Morgan fingerprint density at radius 1 is 1.28 bits per heavy atom. The van der Waals surface area contributed by atoms with Crippen molar-refractivity contribution in [3.8, 4) is 11.6 Å². The minimum atomic E-state index is -3.84. The van der Waals surface area contributed by atoms with Gasteiger partial charge in [-0.3, -0.25) is 9.52 Å². The number of ether oxygens (including phenoxy) is 2. The van der Waals surface area contributed by atoms with Crippen LogP contribution in [0.5, 0.6) is 11.6 Å². The van der Waals surface area contributed by atoms with E-state index in [1.807, 2.05) is 6.92 Å². The predicted molar refractivity (Wildman–Crippen MR) is 115 cm³/mol. The fourth-order valence-electron chi connectivity index (χ4n) is 2.44. The third-order valence-corrected chi connectivity index (χ3v) is 6.39. The highest BCUT2D eigenvalue weighted by atomic mass is 32.2. The predicted octanol–water partition coefficient (Wildman–Crippen LogP) is 4.70. The van der Waals surface area contributed by atoms with Crippen molar-refractivity contribution in [2.75, 3.05) is 11.3 Å². The van der Waals surface area contributed by atoms with Crippen molar-refractivity contribution in [1.82, 2.24) is 4.98 Å². The number of hydrogen-bond donors (Lipinski definition) is 1. The van der Waals surface area contributed by atoms with Gasteiger partial charge in [-0.05, 0) is 30.5 Å². The van der Waals surface area contributed by atoms with Crippen molar-refractivity contribution in [2.24, 2.45) is 0 Å². The van der Waals surface area contributed by atoms with Crippen molar-refractivity contribution in [3.05, 3.63) is 47.9 Å². The largest absolute Gasteiger partial charge is 0.494 e. The Morgan fingerprint density at radius 2 is 2.00 bits per heavy atom. The Labute approximate surface area is 175 Å². The van der Waals surface area contributed by atoms with E-state index < -0.39 is 21.2 Å². The summed E-state index contributed by atoms with van der Waals surface area (Å²) in [6, 6.07) is 6.89. The first-order valence-corrected chi connectivity index (χ1v) is 11.8. The molecule has 1 N–H and O–H groups in total. The van der Waals surface area contributed by atoms with Gasteiger partial charge >= 0.3 is 5.97 Å². The van der Waals surface area contributed by atoms with Crippen LogP contribution < -0.4 is 14.2 Å². The SMILES string of the molecule is C=CC(c1ccc(OCCCC)cc1)S(=O)(=O)Nc1nc(OC(=O)CCC)cs1. The molecule has 1 atom stereocenters. The van der Waals surface area contributed by atoms with E-state index in [-0.39, 0.29) is 17.4 Å². The van der Waals surface area contributed by atoms with Crippen LogP contribution in [0.15, 0.2) is 42.3 Å². The summed E-state index contributed by atoms with van der Waals surface area (Å²) in [5, 5.41) is 0.634. The van der Waals surface area contributed by atoms with Crippen LogP contribution in [0.1, 0.15) is 50.3 Å². The number of rotatable bonds is 12. The van der Waals surface area contributed by atoms with Crippen molar-refractivity contribution in [3.63, 3.8) is 0 Å². The number of esters is 1.